The van der Waals surface area contributed by atoms with E-state index in [4.69, 9.17) is 38.8 Å². The van der Waals surface area contributed by atoms with Crippen LogP contribution in [0.5, 0.6) is 0 Å². The van der Waals surface area contributed by atoms with Crippen molar-refractivity contribution in [1.82, 2.24) is 19.6 Å². The van der Waals surface area contributed by atoms with Crippen LogP contribution in [0.15, 0.2) is 33.0 Å². The molecule has 2 unspecified atom stereocenters. The van der Waals surface area contributed by atoms with E-state index in [1.165, 1.54) is 0 Å². The molecular formula is C21H25Cl2N7O4S2. The van der Waals surface area contributed by atoms with Gasteiger partial charge in [0.25, 0.3) is 10.0 Å². The van der Waals surface area contributed by atoms with E-state index in [9.17, 15) is 13.5 Å². The van der Waals surface area contributed by atoms with E-state index in [1.54, 1.807) is 22.6 Å². The molecule has 0 amide bonds. The molecule has 3 aromatic rings. The molecule has 15 heteroatoms. The molecule has 0 aliphatic carbocycles. The lowest BCUT2D eigenvalue weighted by Gasteiger charge is -2.41. The van der Waals surface area contributed by atoms with Crippen LogP contribution in [0.25, 0.3) is 5.65 Å². The largest absolute Gasteiger partial charge is 0.388 e. The van der Waals surface area contributed by atoms with Crippen LogP contribution in [0.1, 0.15) is 25.6 Å². The van der Waals surface area contributed by atoms with E-state index in [0.29, 0.717) is 29.6 Å². The quantitative estimate of drug-likeness (QED) is 0.385. The number of fused-ring (bicyclic) bond motifs is 1. The summed E-state index contributed by atoms with van der Waals surface area (Å²) in [6.07, 6.45) is 1.44. The average Bonchev–Trinajstić information content (AvgIpc) is 3.39. The molecule has 4 heterocycles. The van der Waals surface area contributed by atoms with E-state index in [1.807, 2.05) is 11.8 Å². The first-order valence-electron chi connectivity index (χ1n) is 11.2. The summed E-state index contributed by atoms with van der Waals surface area (Å²) in [5, 5.41) is 24.1. The van der Waals surface area contributed by atoms with Crippen molar-refractivity contribution in [2.75, 3.05) is 24.6 Å². The van der Waals surface area contributed by atoms with Gasteiger partial charge in [-0.2, -0.15) is 4.98 Å². The zero-order valence-electron chi connectivity index (χ0n) is 19.3. The summed E-state index contributed by atoms with van der Waals surface area (Å²) in [4.78, 5) is 7.06. The molecule has 194 valence electrons. The number of hydrogen-bond acceptors (Lipinski definition) is 10. The van der Waals surface area contributed by atoms with Crippen LogP contribution in [0.4, 0.5) is 5.95 Å². The number of halogens is 2. The molecule has 0 saturated carbocycles. The Bertz CT molecular complexity index is 1430. The molecule has 2 saturated heterocycles. The molecule has 11 nitrogen and oxygen atoms in total. The Morgan fingerprint density at radius 3 is 2.61 bits per heavy atom. The van der Waals surface area contributed by atoms with Crippen molar-refractivity contribution >= 4 is 56.6 Å². The fourth-order valence-electron chi connectivity index (χ4n) is 4.86. The van der Waals surface area contributed by atoms with Gasteiger partial charge in [0, 0.05) is 29.4 Å². The van der Waals surface area contributed by atoms with Gasteiger partial charge >= 0.3 is 0 Å². The number of hydrogen-bond donors (Lipinski definition) is 3. The molecular weight excluding hydrogens is 549 g/mol. The summed E-state index contributed by atoms with van der Waals surface area (Å²) in [5.74, 6) is 0.488. The Morgan fingerprint density at radius 2 is 2.00 bits per heavy atom. The van der Waals surface area contributed by atoms with Crippen molar-refractivity contribution in [2.45, 2.75) is 53.3 Å². The lowest BCUT2D eigenvalue weighted by Crippen LogP contribution is -2.51. The minimum atomic E-state index is -4.28. The summed E-state index contributed by atoms with van der Waals surface area (Å²) >= 11 is 13.5. The average molecular weight is 575 g/mol. The number of nitrogens with two attached hydrogens (primary N) is 2. The third kappa shape index (κ3) is 4.35. The van der Waals surface area contributed by atoms with Crippen LogP contribution in [0.3, 0.4) is 0 Å². The van der Waals surface area contributed by atoms with Crippen LogP contribution in [0, 0.1) is 5.41 Å². The molecule has 2 atom stereocenters. The maximum absolute atomic E-state index is 12.7. The summed E-state index contributed by atoms with van der Waals surface area (Å²) < 4.78 is 32.8. The molecule has 36 heavy (non-hydrogen) atoms. The van der Waals surface area contributed by atoms with Crippen LogP contribution >= 0.6 is 35.0 Å². The number of sulfonamides is 1. The van der Waals surface area contributed by atoms with Gasteiger partial charge in [-0.1, -0.05) is 41.0 Å². The highest BCUT2D eigenvalue weighted by molar-refractivity contribution is 8.00. The highest BCUT2D eigenvalue weighted by Gasteiger charge is 2.48. The van der Waals surface area contributed by atoms with Crippen LogP contribution < -0.4 is 15.8 Å². The van der Waals surface area contributed by atoms with Crippen molar-refractivity contribution in [3.8, 4) is 0 Å². The van der Waals surface area contributed by atoms with Crippen molar-refractivity contribution in [1.29, 1.82) is 0 Å². The number of aromatic nitrogens is 4. The molecule has 2 fully saturated rings. The Balaban J connectivity index is 1.62. The van der Waals surface area contributed by atoms with Crippen LogP contribution in [0.2, 0.25) is 10.0 Å². The molecule has 2 aromatic heterocycles. The van der Waals surface area contributed by atoms with E-state index in [0.717, 1.165) is 24.6 Å². The lowest BCUT2D eigenvalue weighted by atomic mass is 9.73. The Hall–Kier alpha value is -1.71. The standard InChI is InChI=1S/C21H25Cl2N7O4S2/c1-11-17(24)21(10-34-11)5-7-29(8-6-21)20-26-19(36(25,32)33)16(18-28-27-14(9-31)30(18)20)35-13-4-2-3-12(22)15(13)23/h2-4,11,17,31H,5-10,24H2,1H3,(H2,25,32,33). The predicted molar refractivity (Wildman–Crippen MR) is 136 cm³/mol. The fourth-order valence-corrected chi connectivity index (χ4v) is 7.28. The first-order valence-corrected chi connectivity index (χ1v) is 14.3. The topological polar surface area (TPSA) is 162 Å². The second kappa shape index (κ2) is 9.55. The number of aliphatic hydroxyl groups is 1. The molecule has 5 N–H and O–H groups in total. The van der Waals surface area contributed by atoms with E-state index < -0.39 is 16.6 Å². The lowest BCUT2D eigenvalue weighted by molar-refractivity contribution is 0.0973. The Kier molecular flexibility index (Phi) is 6.88. The van der Waals surface area contributed by atoms with Crippen molar-refractivity contribution in [3.05, 3.63) is 34.1 Å². The Morgan fingerprint density at radius 1 is 1.28 bits per heavy atom. The van der Waals surface area contributed by atoms with Gasteiger partial charge in [0.15, 0.2) is 16.5 Å². The summed E-state index contributed by atoms with van der Waals surface area (Å²) in [6.45, 7) is 3.22. The third-order valence-electron chi connectivity index (χ3n) is 6.96. The normalized spacial score (nSPS) is 22.1. The molecule has 1 aromatic carbocycles. The van der Waals surface area contributed by atoms with Gasteiger partial charge in [0.2, 0.25) is 5.95 Å². The maximum Gasteiger partial charge on any atom is 0.256 e. The van der Waals surface area contributed by atoms with Gasteiger partial charge in [0.05, 0.1) is 27.7 Å². The smallest absolute Gasteiger partial charge is 0.256 e. The van der Waals surface area contributed by atoms with Gasteiger partial charge in [-0.15, -0.1) is 10.2 Å². The summed E-state index contributed by atoms with van der Waals surface area (Å²) in [5.41, 5.74) is 6.49. The van der Waals surface area contributed by atoms with E-state index in [-0.39, 0.29) is 49.9 Å². The third-order valence-corrected chi connectivity index (χ3v) is 9.99. The van der Waals surface area contributed by atoms with Gasteiger partial charge in [-0.05, 0) is 31.9 Å². The molecule has 0 bridgehead atoms. The minimum absolute atomic E-state index is 0.0242. The maximum atomic E-state index is 12.7. The van der Waals surface area contributed by atoms with Gasteiger partial charge in [-0.3, -0.25) is 0 Å². The van der Waals surface area contributed by atoms with Gasteiger partial charge < -0.3 is 20.5 Å². The number of aliphatic hydroxyl groups excluding tert-OH is 1. The number of primary sulfonamides is 1. The van der Waals surface area contributed by atoms with Gasteiger partial charge in [-0.25, -0.2) is 18.0 Å². The highest BCUT2D eigenvalue weighted by atomic mass is 35.5. The number of piperidine rings is 1. The SMILES string of the molecule is CC1OCC2(CCN(c3nc(S(N)(=O)=O)c(Sc4cccc(Cl)c4Cl)c4nnc(CO)n34)CC2)C1N. The number of anilines is 1. The van der Waals surface area contributed by atoms with E-state index >= 15 is 0 Å². The molecule has 5 rings (SSSR count). The van der Waals surface area contributed by atoms with Crippen LogP contribution in [-0.2, 0) is 21.4 Å². The predicted octanol–water partition coefficient (Wildman–Crippen LogP) is 2.05. The number of benzene rings is 1. The van der Waals surface area contributed by atoms with Crippen LogP contribution in [-0.4, -0.2) is 64.9 Å². The molecule has 2 aliphatic heterocycles. The van der Waals surface area contributed by atoms with E-state index in [2.05, 4.69) is 15.2 Å². The Labute approximate surface area is 222 Å². The number of rotatable bonds is 5. The highest BCUT2D eigenvalue weighted by Crippen LogP contribution is 2.44. The summed E-state index contributed by atoms with van der Waals surface area (Å²) in [7, 11) is -4.28. The van der Waals surface area contributed by atoms with Crippen molar-refractivity contribution < 1.29 is 18.3 Å². The second-order valence-electron chi connectivity index (χ2n) is 9.07. The van der Waals surface area contributed by atoms with Crippen molar-refractivity contribution in [2.24, 2.45) is 16.3 Å². The molecule has 0 radical (unpaired) electrons. The van der Waals surface area contributed by atoms with Crippen molar-refractivity contribution in [3.63, 3.8) is 0 Å². The fraction of sp³-hybridized carbons (Fsp3) is 0.476. The number of nitrogens with zero attached hydrogens (tertiary/aromatic N) is 5. The zero-order valence-corrected chi connectivity index (χ0v) is 22.4. The number of ether oxygens (including phenoxy) is 1. The summed E-state index contributed by atoms with van der Waals surface area (Å²) in [6, 6.07) is 4.92. The zero-order chi connectivity index (χ0) is 25.8. The molecule has 2 aliphatic rings. The monoisotopic (exact) mass is 573 g/mol. The molecule has 1 spiro atoms. The minimum Gasteiger partial charge on any atom is -0.388 e. The first kappa shape index (κ1) is 25.9. The second-order valence-corrected chi connectivity index (χ2v) is 12.4. The van der Waals surface area contributed by atoms with Gasteiger partial charge in [0.1, 0.15) is 6.61 Å². The first-order chi connectivity index (χ1) is 17.1.